The topological polar surface area (TPSA) is 56.1 Å². The number of nitrogens with zero attached hydrogens (tertiary/aromatic N) is 5. The van der Waals surface area contributed by atoms with E-state index < -0.39 is 5.82 Å². The lowest BCUT2D eigenvalue weighted by atomic mass is 10.2. The lowest BCUT2D eigenvalue weighted by Crippen LogP contribution is -2.46. The van der Waals surface area contributed by atoms with Gasteiger partial charge in [0.15, 0.2) is 11.0 Å². The fourth-order valence-electron chi connectivity index (χ4n) is 2.59. The number of piperazine rings is 1. The Hall–Kier alpha value is -2.23. The zero-order valence-electron chi connectivity index (χ0n) is 12.4. The maximum absolute atomic E-state index is 13.9. The summed E-state index contributed by atoms with van der Waals surface area (Å²) in [6, 6.07) is 7.35. The van der Waals surface area contributed by atoms with Crippen LogP contribution in [0.15, 0.2) is 30.6 Å². The fraction of sp³-hybridized carbons (Fsp3) is 0.312. The summed E-state index contributed by atoms with van der Waals surface area (Å²) < 4.78 is 13.9. The van der Waals surface area contributed by atoms with Gasteiger partial charge in [-0.2, -0.15) is 5.26 Å². The standard InChI is InChI=1S/C16H15ClFN5/c17-16-15(18)13(3-4-20-16)11-22-5-7-23(8-6-22)14-2-1-12(9-19)10-21-14/h1-4,10H,5-8,11H2. The van der Waals surface area contributed by atoms with Crippen molar-refractivity contribution in [3.05, 3.63) is 52.7 Å². The van der Waals surface area contributed by atoms with Crippen LogP contribution in [-0.2, 0) is 6.54 Å². The first-order valence-corrected chi connectivity index (χ1v) is 7.67. The Morgan fingerprint density at radius 1 is 1.17 bits per heavy atom. The van der Waals surface area contributed by atoms with Gasteiger partial charge >= 0.3 is 0 Å². The van der Waals surface area contributed by atoms with Gasteiger partial charge in [0.2, 0.25) is 0 Å². The predicted molar refractivity (Wildman–Crippen MR) is 85.6 cm³/mol. The van der Waals surface area contributed by atoms with E-state index in [9.17, 15) is 4.39 Å². The van der Waals surface area contributed by atoms with E-state index in [1.807, 2.05) is 6.07 Å². The first-order chi connectivity index (χ1) is 11.2. The summed E-state index contributed by atoms with van der Waals surface area (Å²) in [4.78, 5) is 12.4. The molecule has 5 nitrogen and oxygen atoms in total. The number of rotatable bonds is 3. The van der Waals surface area contributed by atoms with E-state index in [0.29, 0.717) is 17.7 Å². The van der Waals surface area contributed by atoms with Gasteiger partial charge < -0.3 is 4.90 Å². The van der Waals surface area contributed by atoms with Crippen molar-refractivity contribution in [2.75, 3.05) is 31.1 Å². The average Bonchev–Trinajstić information content (AvgIpc) is 2.60. The Morgan fingerprint density at radius 3 is 2.61 bits per heavy atom. The minimum atomic E-state index is -0.439. The summed E-state index contributed by atoms with van der Waals surface area (Å²) in [5.74, 6) is 0.423. The van der Waals surface area contributed by atoms with E-state index in [1.165, 1.54) is 6.20 Å². The summed E-state index contributed by atoms with van der Waals surface area (Å²) in [5.41, 5.74) is 1.12. The Labute approximate surface area is 138 Å². The molecular weight excluding hydrogens is 317 g/mol. The van der Waals surface area contributed by atoms with Crippen LogP contribution < -0.4 is 4.90 Å². The number of aromatic nitrogens is 2. The second-order valence-electron chi connectivity index (χ2n) is 5.35. The smallest absolute Gasteiger partial charge is 0.165 e. The van der Waals surface area contributed by atoms with Crippen molar-refractivity contribution in [1.82, 2.24) is 14.9 Å². The first-order valence-electron chi connectivity index (χ1n) is 7.29. The van der Waals surface area contributed by atoms with Gasteiger partial charge in [-0.15, -0.1) is 0 Å². The van der Waals surface area contributed by atoms with Crippen molar-refractivity contribution in [2.24, 2.45) is 0 Å². The number of anilines is 1. The summed E-state index contributed by atoms with van der Waals surface area (Å²) in [7, 11) is 0. The monoisotopic (exact) mass is 331 g/mol. The van der Waals surface area contributed by atoms with Gasteiger partial charge in [-0.3, -0.25) is 4.90 Å². The third-order valence-electron chi connectivity index (χ3n) is 3.89. The van der Waals surface area contributed by atoms with Crippen molar-refractivity contribution >= 4 is 17.4 Å². The second kappa shape index (κ2) is 6.90. The minimum absolute atomic E-state index is 0.0806. The van der Waals surface area contributed by atoms with Crippen molar-refractivity contribution in [3.8, 4) is 6.07 Å². The Bertz CT molecular complexity index is 720. The minimum Gasteiger partial charge on any atom is -0.354 e. The van der Waals surface area contributed by atoms with Gasteiger partial charge in [0, 0.05) is 50.7 Å². The zero-order valence-corrected chi connectivity index (χ0v) is 13.2. The van der Waals surface area contributed by atoms with Crippen LogP contribution in [0.4, 0.5) is 10.2 Å². The molecule has 3 heterocycles. The number of hydrogen-bond donors (Lipinski definition) is 0. The van der Waals surface area contributed by atoms with E-state index in [-0.39, 0.29) is 5.15 Å². The van der Waals surface area contributed by atoms with Gasteiger partial charge in [0.05, 0.1) is 5.56 Å². The number of hydrogen-bond acceptors (Lipinski definition) is 5. The highest BCUT2D eigenvalue weighted by Crippen LogP contribution is 2.19. The molecule has 2 aromatic rings. The Morgan fingerprint density at radius 2 is 1.96 bits per heavy atom. The molecule has 1 fully saturated rings. The third-order valence-corrected chi connectivity index (χ3v) is 4.16. The molecule has 7 heteroatoms. The van der Waals surface area contributed by atoms with E-state index in [2.05, 4.69) is 25.8 Å². The number of halogens is 2. The quantitative estimate of drug-likeness (QED) is 0.809. The molecule has 118 valence electrons. The van der Waals surface area contributed by atoms with Gasteiger partial charge in [-0.05, 0) is 18.2 Å². The van der Waals surface area contributed by atoms with Gasteiger partial charge in [-0.25, -0.2) is 14.4 Å². The fourth-order valence-corrected chi connectivity index (χ4v) is 2.77. The van der Waals surface area contributed by atoms with Crippen molar-refractivity contribution < 1.29 is 4.39 Å². The summed E-state index contributed by atoms with van der Waals surface area (Å²) >= 11 is 5.72. The highest BCUT2D eigenvalue weighted by atomic mass is 35.5. The van der Waals surface area contributed by atoms with Gasteiger partial charge in [-0.1, -0.05) is 11.6 Å². The highest BCUT2D eigenvalue weighted by Gasteiger charge is 2.19. The zero-order chi connectivity index (χ0) is 16.2. The molecular formula is C16H15ClFN5. The lowest BCUT2D eigenvalue weighted by molar-refractivity contribution is 0.246. The van der Waals surface area contributed by atoms with Gasteiger partial charge in [0.25, 0.3) is 0 Å². The second-order valence-corrected chi connectivity index (χ2v) is 5.71. The molecule has 1 saturated heterocycles. The SMILES string of the molecule is N#Cc1ccc(N2CCN(Cc3ccnc(Cl)c3F)CC2)nc1. The molecule has 0 radical (unpaired) electrons. The maximum Gasteiger partial charge on any atom is 0.165 e. The summed E-state index contributed by atoms with van der Waals surface area (Å²) in [6.45, 7) is 3.74. The molecule has 0 aliphatic carbocycles. The summed E-state index contributed by atoms with van der Waals surface area (Å²) in [5, 5.41) is 8.72. The Balaban J connectivity index is 1.60. The molecule has 1 aliphatic rings. The number of pyridine rings is 2. The van der Waals surface area contributed by atoms with E-state index in [4.69, 9.17) is 16.9 Å². The molecule has 1 aliphatic heterocycles. The van der Waals surface area contributed by atoms with E-state index >= 15 is 0 Å². The molecule has 0 atom stereocenters. The van der Waals surface area contributed by atoms with Crippen LogP contribution in [0.3, 0.4) is 0 Å². The Kier molecular flexibility index (Phi) is 4.70. The molecule has 0 N–H and O–H groups in total. The van der Waals surface area contributed by atoms with Crippen LogP contribution in [0.25, 0.3) is 0 Å². The molecule has 0 unspecified atom stereocenters. The predicted octanol–water partition coefficient (Wildman–Crippen LogP) is 2.46. The van der Waals surface area contributed by atoms with E-state index in [0.717, 1.165) is 32.0 Å². The van der Waals surface area contributed by atoms with Crippen LogP contribution in [0.5, 0.6) is 0 Å². The van der Waals surface area contributed by atoms with Crippen LogP contribution in [0, 0.1) is 17.1 Å². The number of nitriles is 1. The molecule has 0 saturated carbocycles. The molecule has 0 amide bonds. The van der Waals surface area contributed by atoms with Crippen molar-refractivity contribution in [1.29, 1.82) is 5.26 Å². The summed E-state index contributed by atoms with van der Waals surface area (Å²) in [6.07, 6.45) is 3.10. The molecule has 0 aromatic carbocycles. The molecule has 2 aromatic heterocycles. The van der Waals surface area contributed by atoms with Crippen LogP contribution >= 0.6 is 11.6 Å². The first kappa shape index (κ1) is 15.7. The highest BCUT2D eigenvalue weighted by molar-refractivity contribution is 6.29. The van der Waals surface area contributed by atoms with Crippen LogP contribution in [0.2, 0.25) is 5.15 Å². The third kappa shape index (κ3) is 3.58. The maximum atomic E-state index is 13.9. The molecule has 3 rings (SSSR count). The normalized spacial score (nSPS) is 15.4. The van der Waals surface area contributed by atoms with Crippen molar-refractivity contribution in [2.45, 2.75) is 6.54 Å². The lowest BCUT2D eigenvalue weighted by Gasteiger charge is -2.35. The van der Waals surface area contributed by atoms with Gasteiger partial charge in [0.1, 0.15) is 11.9 Å². The average molecular weight is 332 g/mol. The van der Waals surface area contributed by atoms with Crippen LogP contribution in [0.1, 0.15) is 11.1 Å². The van der Waals surface area contributed by atoms with Crippen molar-refractivity contribution in [3.63, 3.8) is 0 Å². The largest absolute Gasteiger partial charge is 0.354 e. The van der Waals surface area contributed by atoms with Crippen LogP contribution in [-0.4, -0.2) is 41.0 Å². The molecule has 0 bridgehead atoms. The molecule has 23 heavy (non-hydrogen) atoms. The molecule has 0 spiro atoms. The van der Waals surface area contributed by atoms with E-state index in [1.54, 1.807) is 18.3 Å².